The third-order valence-electron chi connectivity index (χ3n) is 4.05. The number of urea groups is 1. The number of nitrogens with zero attached hydrogens (tertiary/aromatic N) is 1. The van der Waals surface area contributed by atoms with Crippen molar-refractivity contribution in [2.24, 2.45) is 0 Å². The highest BCUT2D eigenvalue weighted by Crippen LogP contribution is 2.25. The topological polar surface area (TPSA) is 61.4 Å². The quantitative estimate of drug-likeness (QED) is 0.898. The molecule has 0 radical (unpaired) electrons. The van der Waals surface area contributed by atoms with E-state index in [1.165, 1.54) is 11.0 Å². The fourth-order valence-corrected chi connectivity index (χ4v) is 2.69. The minimum absolute atomic E-state index is 0.240. The summed E-state index contributed by atoms with van der Waals surface area (Å²) in [5.74, 6) is -0.663. The summed E-state index contributed by atoms with van der Waals surface area (Å²) in [6, 6.07) is 4.05. The van der Waals surface area contributed by atoms with Crippen LogP contribution in [0.1, 0.15) is 31.2 Å². The molecule has 0 spiro atoms. The van der Waals surface area contributed by atoms with Crippen LogP contribution in [0.2, 0.25) is 0 Å². The molecule has 22 heavy (non-hydrogen) atoms. The molecule has 1 aromatic carbocycles. The first-order chi connectivity index (χ1) is 10.5. The summed E-state index contributed by atoms with van der Waals surface area (Å²) in [5, 5.41) is 5.51. The van der Waals surface area contributed by atoms with E-state index in [-0.39, 0.29) is 18.0 Å². The predicted octanol–water partition coefficient (Wildman–Crippen LogP) is 2.09. The highest BCUT2D eigenvalue weighted by atomic mass is 19.1. The Bertz CT molecular complexity index is 601. The van der Waals surface area contributed by atoms with Crippen LogP contribution in [-0.4, -0.2) is 30.6 Å². The van der Waals surface area contributed by atoms with E-state index in [0.717, 1.165) is 24.8 Å². The third kappa shape index (κ3) is 3.21. The van der Waals surface area contributed by atoms with Gasteiger partial charge in [0.1, 0.15) is 11.9 Å². The van der Waals surface area contributed by atoms with Crippen LogP contribution in [0.25, 0.3) is 0 Å². The van der Waals surface area contributed by atoms with Gasteiger partial charge in [-0.25, -0.2) is 9.18 Å². The summed E-state index contributed by atoms with van der Waals surface area (Å²) in [6.45, 7) is 2.33. The molecule has 0 unspecified atom stereocenters. The Labute approximate surface area is 128 Å². The van der Waals surface area contributed by atoms with Crippen molar-refractivity contribution in [2.75, 3.05) is 11.4 Å². The van der Waals surface area contributed by atoms with E-state index in [1.807, 2.05) is 6.92 Å². The number of carbonyl (C=O) groups is 2. The second kappa shape index (κ2) is 5.94. The summed E-state index contributed by atoms with van der Waals surface area (Å²) in [4.78, 5) is 25.8. The average molecular weight is 305 g/mol. The second-order valence-electron chi connectivity index (χ2n) is 6.03. The molecule has 1 aromatic rings. The first-order valence-electron chi connectivity index (χ1n) is 7.69. The van der Waals surface area contributed by atoms with Crippen molar-refractivity contribution in [3.8, 4) is 0 Å². The number of benzene rings is 1. The average Bonchev–Trinajstić information content (AvgIpc) is 3.28. The highest BCUT2D eigenvalue weighted by molar-refractivity contribution is 5.99. The molecule has 1 heterocycles. The largest absolute Gasteiger partial charge is 0.335 e. The first kappa shape index (κ1) is 14.8. The van der Waals surface area contributed by atoms with E-state index in [9.17, 15) is 14.0 Å². The van der Waals surface area contributed by atoms with Crippen LogP contribution in [0, 0.1) is 12.7 Å². The SMILES string of the molecule is Cc1ccc(F)c(N2CCC[C@H](NC(=O)NC3CC3)C2=O)c1. The molecule has 3 rings (SSSR count). The lowest BCUT2D eigenvalue weighted by molar-refractivity contribution is -0.121. The Morgan fingerprint density at radius 2 is 2.05 bits per heavy atom. The number of nitrogens with one attached hydrogen (secondary N) is 2. The normalized spacial score (nSPS) is 21.6. The Morgan fingerprint density at radius 1 is 1.27 bits per heavy atom. The molecule has 2 aliphatic rings. The van der Waals surface area contributed by atoms with Crippen molar-refractivity contribution in [1.82, 2.24) is 10.6 Å². The minimum Gasteiger partial charge on any atom is -0.335 e. The van der Waals surface area contributed by atoms with Crippen LogP contribution >= 0.6 is 0 Å². The van der Waals surface area contributed by atoms with Crippen molar-refractivity contribution in [3.63, 3.8) is 0 Å². The van der Waals surface area contributed by atoms with Gasteiger partial charge >= 0.3 is 6.03 Å². The number of amides is 3. The molecular weight excluding hydrogens is 285 g/mol. The van der Waals surface area contributed by atoms with E-state index >= 15 is 0 Å². The Morgan fingerprint density at radius 3 is 2.77 bits per heavy atom. The Hall–Kier alpha value is -2.11. The number of carbonyl (C=O) groups excluding carboxylic acids is 2. The molecule has 118 valence electrons. The maximum atomic E-state index is 14.0. The second-order valence-corrected chi connectivity index (χ2v) is 6.03. The van der Waals surface area contributed by atoms with Crippen LogP contribution in [0.3, 0.4) is 0 Å². The van der Waals surface area contributed by atoms with Gasteiger partial charge in [-0.3, -0.25) is 4.79 Å². The van der Waals surface area contributed by atoms with Crippen molar-refractivity contribution < 1.29 is 14.0 Å². The summed E-state index contributed by atoms with van der Waals surface area (Å²) >= 11 is 0. The molecule has 5 nitrogen and oxygen atoms in total. The third-order valence-corrected chi connectivity index (χ3v) is 4.05. The summed E-state index contributed by atoms with van der Waals surface area (Å²) in [7, 11) is 0. The minimum atomic E-state index is -0.590. The van der Waals surface area contributed by atoms with Crippen LogP contribution < -0.4 is 15.5 Å². The number of piperidine rings is 1. The lowest BCUT2D eigenvalue weighted by Crippen LogP contribution is -2.54. The maximum absolute atomic E-state index is 14.0. The molecule has 1 aliphatic carbocycles. The molecule has 6 heteroatoms. The lowest BCUT2D eigenvalue weighted by atomic mass is 10.0. The van der Waals surface area contributed by atoms with Crippen LogP contribution in [0.15, 0.2) is 18.2 Å². The van der Waals surface area contributed by atoms with Crippen molar-refractivity contribution in [1.29, 1.82) is 0 Å². The van der Waals surface area contributed by atoms with E-state index < -0.39 is 11.9 Å². The zero-order chi connectivity index (χ0) is 15.7. The van der Waals surface area contributed by atoms with Gasteiger partial charge in [0.2, 0.25) is 5.91 Å². The van der Waals surface area contributed by atoms with Gasteiger partial charge in [-0.1, -0.05) is 6.07 Å². The standard InChI is InChI=1S/C16H20FN3O2/c1-10-4-7-12(17)14(9-10)20-8-2-3-13(15(20)21)19-16(22)18-11-5-6-11/h4,7,9,11,13H,2-3,5-6,8H2,1H3,(H2,18,19,22)/t13-/m0/s1. The monoisotopic (exact) mass is 305 g/mol. The lowest BCUT2D eigenvalue weighted by Gasteiger charge is -2.33. The van der Waals surface area contributed by atoms with Gasteiger partial charge in [-0.05, 0) is 50.3 Å². The molecule has 2 N–H and O–H groups in total. The molecule has 0 aromatic heterocycles. The van der Waals surface area contributed by atoms with E-state index in [0.29, 0.717) is 18.7 Å². The number of hydrogen-bond donors (Lipinski definition) is 2. The number of rotatable bonds is 3. The molecule has 1 atom stereocenters. The van der Waals surface area contributed by atoms with Gasteiger partial charge < -0.3 is 15.5 Å². The molecule has 2 fully saturated rings. The Balaban J connectivity index is 1.71. The van der Waals surface area contributed by atoms with E-state index in [1.54, 1.807) is 12.1 Å². The van der Waals surface area contributed by atoms with Crippen molar-refractivity contribution >= 4 is 17.6 Å². The van der Waals surface area contributed by atoms with Crippen LogP contribution in [-0.2, 0) is 4.79 Å². The first-order valence-corrected chi connectivity index (χ1v) is 7.69. The van der Waals surface area contributed by atoms with Crippen LogP contribution in [0.4, 0.5) is 14.9 Å². The number of halogens is 1. The predicted molar refractivity (Wildman–Crippen MR) is 81.2 cm³/mol. The van der Waals surface area contributed by atoms with Gasteiger partial charge in [0, 0.05) is 12.6 Å². The van der Waals surface area contributed by atoms with Gasteiger partial charge in [0.05, 0.1) is 5.69 Å². The van der Waals surface area contributed by atoms with E-state index in [4.69, 9.17) is 0 Å². The Kier molecular flexibility index (Phi) is 4.00. The number of hydrogen-bond acceptors (Lipinski definition) is 2. The molecular formula is C16H20FN3O2. The summed E-state index contributed by atoms with van der Waals surface area (Å²) < 4.78 is 14.0. The fourth-order valence-electron chi connectivity index (χ4n) is 2.69. The van der Waals surface area contributed by atoms with Crippen LogP contribution in [0.5, 0.6) is 0 Å². The van der Waals surface area contributed by atoms with Crippen molar-refractivity contribution in [2.45, 2.75) is 44.7 Å². The fraction of sp³-hybridized carbons (Fsp3) is 0.500. The molecule has 1 saturated carbocycles. The van der Waals surface area contributed by atoms with Gasteiger partial charge in [0.15, 0.2) is 0 Å². The van der Waals surface area contributed by atoms with Crippen molar-refractivity contribution in [3.05, 3.63) is 29.6 Å². The van der Waals surface area contributed by atoms with E-state index in [2.05, 4.69) is 10.6 Å². The smallest absolute Gasteiger partial charge is 0.315 e. The molecule has 1 aliphatic heterocycles. The van der Waals surface area contributed by atoms with Gasteiger partial charge in [0.25, 0.3) is 0 Å². The highest BCUT2D eigenvalue weighted by Gasteiger charge is 2.33. The maximum Gasteiger partial charge on any atom is 0.315 e. The molecule has 1 saturated heterocycles. The number of aryl methyl sites for hydroxylation is 1. The van der Waals surface area contributed by atoms with Gasteiger partial charge in [-0.15, -0.1) is 0 Å². The van der Waals surface area contributed by atoms with Gasteiger partial charge in [-0.2, -0.15) is 0 Å². The molecule has 3 amide bonds. The molecule has 0 bridgehead atoms. The summed E-state index contributed by atoms with van der Waals surface area (Å²) in [6.07, 6.45) is 3.30. The zero-order valence-corrected chi connectivity index (χ0v) is 12.6. The number of anilines is 1. The summed E-state index contributed by atoms with van der Waals surface area (Å²) in [5.41, 5.74) is 1.19. The zero-order valence-electron chi connectivity index (χ0n) is 12.6.